The van der Waals surface area contributed by atoms with E-state index in [4.69, 9.17) is 4.74 Å². The van der Waals surface area contributed by atoms with Crippen molar-refractivity contribution in [2.24, 2.45) is 11.8 Å². The number of hydrogen-bond donors (Lipinski definition) is 1. The summed E-state index contributed by atoms with van der Waals surface area (Å²) in [6.07, 6.45) is 9.83. The third-order valence-electron chi connectivity index (χ3n) is 5.25. The second kappa shape index (κ2) is 6.83. The molecule has 1 aromatic carbocycles. The van der Waals surface area contributed by atoms with Crippen LogP contribution in [0.3, 0.4) is 0 Å². The molecular formula is C19H29NO. The lowest BCUT2D eigenvalue weighted by atomic mass is 9.75. The molecule has 3 unspecified atom stereocenters. The second-order valence-electron chi connectivity index (χ2n) is 6.85. The predicted octanol–water partition coefficient (Wildman–Crippen LogP) is 4.70. The van der Waals surface area contributed by atoms with E-state index in [1.54, 1.807) is 0 Å². The largest absolute Gasteiger partial charge is 0.490 e. The van der Waals surface area contributed by atoms with E-state index in [0.717, 1.165) is 17.6 Å². The summed E-state index contributed by atoms with van der Waals surface area (Å²) in [6.45, 7) is 2.34. The first-order valence-corrected chi connectivity index (χ1v) is 8.74. The number of nitrogens with one attached hydrogen (secondary N) is 1. The van der Waals surface area contributed by atoms with Crippen LogP contribution in [0.25, 0.3) is 0 Å². The molecule has 0 aliphatic heterocycles. The van der Waals surface area contributed by atoms with Crippen LogP contribution in [-0.4, -0.2) is 13.2 Å². The fourth-order valence-corrected chi connectivity index (χ4v) is 3.81. The van der Waals surface area contributed by atoms with Crippen LogP contribution in [-0.2, 0) is 0 Å². The quantitative estimate of drug-likeness (QED) is 0.818. The van der Waals surface area contributed by atoms with Crippen molar-refractivity contribution in [1.29, 1.82) is 0 Å². The molecule has 3 rings (SSSR count). The molecule has 0 saturated heterocycles. The molecule has 2 aliphatic carbocycles. The van der Waals surface area contributed by atoms with Crippen molar-refractivity contribution < 1.29 is 4.74 Å². The molecule has 21 heavy (non-hydrogen) atoms. The molecule has 2 aliphatic rings. The Morgan fingerprint density at radius 2 is 1.90 bits per heavy atom. The standard InChI is InChI=1S/C19H29NO/c1-3-14-5-4-6-16(13-14)19(20-2)15-7-9-17(10-8-15)21-18-11-12-18/h7-10,14,16,18-20H,3-6,11-13H2,1-2H3. The number of hydrogen-bond acceptors (Lipinski definition) is 2. The second-order valence-corrected chi connectivity index (χ2v) is 6.85. The summed E-state index contributed by atoms with van der Waals surface area (Å²) in [7, 11) is 2.11. The number of benzene rings is 1. The average Bonchev–Trinajstić information content (AvgIpc) is 3.34. The molecule has 1 aromatic rings. The van der Waals surface area contributed by atoms with E-state index in [-0.39, 0.29) is 0 Å². The fourth-order valence-electron chi connectivity index (χ4n) is 3.81. The third kappa shape index (κ3) is 3.79. The zero-order valence-corrected chi connectivity index (χ0v) is 13.5. The van der Waals surface area contributed by atoms with Crippen LogP contribution in [0.2, 0.25) is 0 Å². The molecular weight excluding hydrogens is 258 g/mol. The normalized spacial score (nSPS) is 27.3. The first-order valence-electron chi connectivity index (χ1n) is 8.74. The van der Waals surface area contributed by atoms with Crippen LogP contribution in [0.4, 0.5) is 0 Å². The zero-order valence-electron chi connectivity index (χ0n) is 13.5. The minimum atomic E-state index is 0.486. The predicted molar refractivity (Wildman–Crippen MR) is 87.6 cm³/mol. The van der Waals surface area contributed by atoms with Crippen molar-refractivity contribution in [3.63, 3.8) is 0 Å². The van der Waals surface area contributed by atoms with Gasteiger partial charge in [-0.3, -0.25) is 0 Å². The molecule has 0 heterocycles. The monoisotopic (exact) mass is 287 g/mol. The molecule has 1 N–H and O–H groups in total. The molecule has 0 amide bonds. The number of ether oxygens (including phenoxy) is 1. The Balaban J connectivity index is 1.66. The molecule has 0 radical (unpaired) electrons. The van der Waals surface area contributed by atoms with Gasteiger partial charge in [0.05, 0.1) is 6.10 Å². The van der Waals surface area contributed by atoms with Gasteiger partial charge in [-0.1, -0.05) is 38.3 Å². The van der Waals surface area contributed by atoms with Gasteiger partial charge in [0, 0.05) is 6.04 Å². The molecule has 2 nitrogen and oxygen atoms in total. The lowest BCUT2D eigenvalue weighted by Crippen LogP contribution is -2.29. The van der Waals surface area contributed by atoms with E-state index in [9.17, 15) is 0 Å². The molecule has 2 fully saturated rings. The minimum absolute atomic E-state index is 0.486. The third-order valence-corrected chi connectivity index (χ3v) is 5.25. The van der Waals surface area contributed by atoms with Crippen LogP contribution in [0.5, 0.6) is 5.75 Å². The SMILES string of the molecule is CCC1CCCC(C(NC)c2ccc(OC3CC3)cc2)C1. The van der Waals surface area contributed by atoms with Gasteiger partial charge in [0.15, 0.2) is 0 Å². The Morgan fingerprint density at radius 3 is 2.52 bits per heavy atom. The maximum Gasteiger partial charge on any atom is 0.119 e. The van der Waals surface area contributed by atoms with Gasteiger partial charge in [-0.05, 0) is 62.3 Å². The number of rotatable bonds is 6. The summed E-state index contributed by atoms with van der Waals surface area (Å²) in [5.74, 6) is 2.74. The topological polar surface area (TPSA) is 21.3 Å². The molecule has 0 bridgehead atoms. The van der Waals surface area contributed by atoms with E-state index in [0.29, 0.717) is 12.1 Å². The van der Waals surface area contributed by atoms with Crippen molar-refractivity contribution in [3.05, 3.63) is 29.8 Å². The van der Waals surface area contributed by atoms with E-state index in [1.165, 1.54) is 50.5 Å². The summed E-state index contributed by atoms with van der Waals surface area (Å²) in [4.78, 5) is 0. The maximum absolute atomic E-state index is 5.85. The minimum Gasteiger partial charge on any atom is -0.490 e. The van der Waals surface area contributed by atoms with Gasteiger partial charge in [-0.15, -0.1) is 0 Å². The Labute approximate surface area is 129 Å². The summed E-state index contributed by atoms with van der Waals surface area (Å²) in [6, 6.07) is 9.31. The van der Waals surface area contributed by atoms with E-state index in [2.05, 4.69) is 43.6 Å². The molecule has 0 aromatic heterocycles. The highest BCUT2D eigenvalue weighted by Gasteiger charge is 2.28. The Hall–Kier alpha value is -1.02. The smallest absolute Gasteiger partial charge is 0.119 e. The molecule has 2 heteroatoms. The van der Waals surface area contributed by atoms with Crippen LogP contribution >= 0.6 is 0 Å². The first kappa shape index (κ1) is 14.9. The molecule has 2 saturated carbocycles. The molecule has 116 valence electrons. The highest BCUT2D eigenvalue weighted by molar-refractivity contribution is 5.30. The summed E-state index contributed by atoms with van der Waals surface area (Å²) in [5.41, 5.74) is 1.42. The van der Waals surface area contributed by atoms with E-state index in [1.807, 2.05) is 0 Å². The Kier molecular flexibility index (Phi) is 4.84. The van der Waals surface area contributed by atoms with Crippen molar-refractivity contribution >= 4 is 0 Å². The van der Waals surface area contributed by atoms with Crippen LogP contribution < -0.4 is 10.1 Å². The summed E-state index contributed by atoms with van der Waals surface area (Å²) >= 11 is 0. The van der Waals surface area contributed by atoms with E-state index >= 15 is 0 Å². The van der Waals surface area contributed by atoms with Crippen LogP contribution in [0.15, 0.2) is 24.3 Å². The van der Waals surface area contributed by atoms with Gasteiger partial charge < -0.3 is 10.1 Å². The van der Waals surface area contributed by atoms with Crippen molar-refractivity contribution in [1.82, 2.24) is 5.32 Å². The summed E-state index contributed by atoms with van der Waals surface area (Å²) in [5, 5.41) is 3.56. The van der Waals surface area contributed by atoms with Gasteiger partial charge >= 0.3 is 0 Å². The van der Waals surface area contributed by atoms with Gasteiger partial charge in [0.2, 0.25) is 0 Å². The zero-order chi connectivity index (χ0) is 14.7. The first-order chi connectivity index (χ1) is 10.3. The van der Waals surface area contributed by atoms with Crippen molar-refractivity contribution in [2.75, 3.05) is 7.05 Å². The van der Waals surface area contributed by atoms with Crippen LogP contribution in [0, 0.1) is 11.8 Å². The molecule has 0 spiro atoms. The fraction of sp³-hybridized carbons (Fsp3) is 0.684. The van der Waals surface area contributed by atoms with Gasteiger partial charge in [-0.2, -0.15) is 0 Å². The van der Waals surface area contributed by atoms with Gasteiger partial charge in [0.1, 0.15) is 5.75 Å². The lowest BCUT2D eigenvalue weighted by Gasteiger charge is -2.34. The highest BCUT2D eigenvalue weighted by Crippen LogP contribution is 2.38. The van der Waals surface area contributed by atoms with Gasteiger partial charge in [0.25, 0.3) is 0 Å². The Bertz CT molecular complexity index is 437. The van der Waals surface area contributed by atoms with E-state index < -0.39 is 0 Å². The summed E-state index contributed by atoms with van der Waals surface area (Å²) < 4.78 is 5.85. The van der Waals surface area contributed by atoms with Crippen LogP contribution in [0.1, 0.15) is 63.5 Å². The highest BCUT2D eigenvalue weighted by atomic mass is 16.5. The molecule has 3 atom stereocenters. The van der Waals surface area contributed by atoms with Gasteiger partial charge in [-0.25, -0.2) is 0 Å². The maximum atomic E-state index is 5.85. The van der Waals surface area contributed by atoms with Crippen molar-refractivity contribution in [2.45, 2.75) is 64.0 Å². The average molecular weight is 287 g/mol. The lowest BCUT2D eigenvalue weighted by molar-refractivity contribution is 0.214. The Morgan fingerprint density at radius 1 is 1.14 bits per heavy atom. The van der Waals surface area contributed by atoms with Crippen molar-refractivity contribution in [3.8, 4) is 5.75 Å².